The van der Waals surface area contributed by atoms with Gasteiger partial charge in [-0.15, -0.1) is 11.2 Å². The number of anilines is 2. The van der Waals surface area contributed by atoms with Crippen molar-refractivity contribution < 1.29 is 27.2 Å². The van der Waals surface area contributed by atoms with E-state index in [4.69, 9.17) is 29.5 Å². The smallest absolute Gasteiger partial charge is 0.396 e. The van der Waals surface area contributed by atoms with E-state index in [0.717, 1.165) is 24.5 Å². The standard InChI is InChI=1S/C23H13ClF4N8O2/c1-2-10-8-31-19(20(30)37)18(29)17(10)13-6-15(24)12(7-16(13)25)22(38)35-11-5-14(23(26,27)28)21(32-9-11)36-33-3-4-34-36/h1,3-9H,29H2,(H2,30,37)(H,35,38). The second kappa shape index (κ2) is 9.79. The van der Waals surface area contributed by atoms with E-state index in [1.54, 1.807) is 0 Å². The number of carbonyl (C=O) groups excluding carboxylic acids is 2. The van der Waals surface area contributed by atoms with Gasteiger partial charge in [0.05, 0.1) is 46.1 Å². The van der Waals surface area contributed by atoms with E-state index in [0.29, 0.717) is 10.9 Å². The Morgan fingerprint density at radius 3 is 2.39 bits per heavy atom. The minimum Gasteiger partial charge on any atom is -0.396 e. The number of hydrogen-bond donors (Lipinski definition) is 3. The van der Waals surface area contributed by atoms with Crippen LogP contribution in [0.25, 0.3) is 16.9 Å². The van der Waals surface area contributed by atoms with E-state index in [-0.39, 0.29) is 38.8 Å². The predicted octanol–water partition coefficient (Wildman–Crippen LogP) is 3.45. The molecule has 3 aromatic heterocycles. The quantitative estimate of drug-likeness (QED) is 0.257. The SMILES string of the molecule is C#Cc1cnc(C(N)=O)c(N)c1-c1cc(Cl)c(C(=O)Nc2cnc(-n3nccn3)c(C(F)(F)F)c2)cc1F. The normalized spacial score (nSPS) is 11.2. The molecule has 192 valence electrons. The maximum atomic E-state index is 15.2. The first-order valence-electron chi connectivity index (χ1n) is 10.2. The van der Waals surface area contributed by atoms with E-state index < -0.39 is 40.8 Å². The molecule has 0 aliphatic heterocycles. The lowest BCUT2D eigenvalue weighted by molar-refractivity contribution is -0.137. The zero-order chi connectivity index (χ0) is 27.8. The van der Waals surface area contributed by atoms with Crippen LogP contribution in [0, 0.1) is 18.2 Å². The molecular formula is C23H13ClF4N8O2. The number of hydrogen-bond acceptors (Lipinski definition) is 7. The molecule has 0 aliphatic rings. The molecule has 0 bridgehead atoms. The summed E-state index contributed by atoms with van der Waals surface area (Å²) in [6, 6.07) is 2.37. The van der Waals surface area contributed by atoms with Crippen LogP contribution in [0.4, 0.5) is 28.9 Å². The van der Waals surface area contributed by atoms with E-state index in [9.17, 15) is 22.8 Å². The van der Waals surface area contributed by atoms with E-state index >= 15 is 4.39 Å². The number of primary amides is 1. The van der Waals surface area contributed by atoms with Crippen LogP contribution in [0.5, 0.6) is 0 Å². The van der Waals surface area contributed by atoms with Gasteiger partial charge in [-0.3, -0.25) is 9.59 Å². The third-order valence-corrected chi connectivity index (χ3v) is 5.43. The second-order valence-corrected chi connectivity index (χ2v) is 7.90. The van der Waals surface area contributed by atoms with Gasteiger partial charge >= 0.3 is 6.18 Å². The number of nitrogen functional groups attached to an aromatic ring is 1. The predicted molar refractivity (Wildman–Crippen MR) is 128 cm³/mol. The van der Waals surface area contributed by atoms with Crippen molar-refractivity contribution in [2.24, 2.45) is 5.73 Å². The van der Waals surface area contributed by atoms with Crippen LogP contribution in [-0.4, -0.2) is 36.8 Å². The lowest BCUT2D eigenvalue weighted by Crippen LogP contribution is -2.18. The molecule has 15 heteroatoms. The third-order valence-electron chi connectivity index (χ3n) is 5.11. The van der Waals surface area contributed by atoms with Crippen molar-refractivity contribution in [3.05, 3.63) is 76.2 Å². The van der Waals surface area contributed by atoms with Crippen molar-refractivity contribution >= 4 is 34.8 Å². The number of amides is 2. The number of nitrogens with two attached hydrogens (primary N) is 2. The summed E-state index contributed by atoms with van der Waals surface area (Å²) in [5, 5.41) is 9.16. The number of aromatic nitrogens is 5. The van der Waals surface area contributed by atoms with Crippen LogP contribution < -0.4 is 16.8 Å². The molecule has 0 saturated heterocycles. The molecule has 0 unspecified atom stereocenters. The number of benzene rings is 1. The molecular weight excluding hydrogens is 532 g/mol. The molecule has 3 heterocycles. The van der Waals surface area contributed by atoms with Crippen molar-refractivity contribution in [1.82, 2.24) is 25.0 Å². The summed E-state index contributed by atoms with van der Waals surface area (Å²) >= 11 is 6.22. The first-order valence-corrected chi connectivity index (χ1v) is 10.6. The average molecular weight is 545 g/mol. The van der Waals surface area contributed by atoms with Gasteiger partial charge in [-0.05, 0) is 18.2 Å². The second-order valence-electron chi connectivity index (χ2n) is 7.50. The molecule has 0 aliphatic carbocycles. The van der Waals surface area contributed by atoms with Crippen molar-refractivity contribution in [1.29, 1.82) is 0 Å². The van der Waals surface area contributed by atoms with E-state index in [1.165, 1.54) is 12.4 Å². The molecule has 2 amide bonds. The van der Waals surface area contributed by atoms with Gasteiger partial charge in [0.1, 0.15) is 11.4 Å². The highest BCUT2D eigenvalue weighted by atomic mass is 35.5. The van der Waals surface area contributed by atoms with Gasteiger partial charge in [0.15, 0.2) is 11.5 Å². The van der Waals surface area contributed by atoms with Gasteiger partial charge in [-0.25, -0.2) is 14.4 Å². The Hall–Kier alpha value is -5.03. The Morgan fingerprint density at radius 2 is 1.79 bits per heavy atom. The fraction of sp³-hybridized carbons (Fsp3) is 0.0435. The molecule has 0 radical (unpaired) electrons. The van der Waals surface area contributed by atoms with Crippen LogP contribution >= 0.6 is 11.6 Å². The fourth-order valence-corrected chi connectivity index (χ4v) is 3.70. The van der Waals surface area contributed by atoms with Gasteiger partial charge in [0, 0.05) is 17.3 Å². The highest BCUT2D eigenvalue weighted by molar-refractivity contribution is 6.34. The Bertz CT molecular complexity index is 1630. The molecule has 0 fully saturated rings. The summed E-state index contributed by atoms with van der Waals surface area (Å²) in [6.45, 7) is 0. The zero-order valence-corrected chi connectivity index (χ0v) is 19.5. The maximum Gasteiger partial charge on any atom is 0.420 e. The molecule has 4 aromatic rings. The fourth-order valence-electron chi connectivity index (χ4n) is 3.45. The summed E-state index contributed by atoms with van der Waals surface area (Å²) in [5.41, 5.74) is 8.14. The Morgan fingerprint density at radius 1 is 1.11 bits per heavy atom. The molecule has 38 heavy (non-hydrogen) atoms. The summed E-state index contributed by atoms with van der Waals surface area (Å²) in [6.07, 6.45) is 4.93. The number of nitrogens with one attached hydrogen (secondary N) is 1. The number of nitrogens with zero attached hydrogens (tertiary/aromatic N) is 5. The molecule has 4 rings (SSSR count). The molecule has 0 atom stereocenters. The lowest BCUT2D eigenvalue weighted by Gasteiger charge is -2.15. The van der Waals surface area contributed by atoms with Crippen LogP contribution in [0.3, 0.4) is 0 Å². The summed E-state index contributed by atoms with van der Waals surface area (Å²) in [4.78, 5) is 32.6. The first-order chi connectivity index (χ1) is 17.9. The lowest BCUT2D eigenvalue weighted by atomic mass is 9.96. The van der Waals surface area contributed by atoms with Gasteiger partial charge < -0.3 is 16.8 Å². The highest BCUT2D eigenvalue weighted by Gasteiger charge is 2.36. The summed E-state index contributed by atoms with van der Waals surface area (Å²) in [7, 11) is 0. The van der Waals surface area contributed by atoms with Gasteiger partial charge in [0.25, 0.3) is 11.8 Å². The maximum absolute atomic E-state index is 15.2. The number of rotatable bonds is 5. The van der Waals surface area contributed by atoms with Gasteiger partial charge in [-0.2, -0.15) is 23.4 Å². The monoisotopic (exact) mass is 544 g/mol. The number of alkyl halides is 3. The molecule has 5 N–H and O–H groups in total. The van der Waals surface area contributed by atoms with E-state index in [2.05, 4.69) is 31.4 Å². The Balaban J connectivity index is 1.72. The molecule has 0 spiro atoms. The third kappa shape index (κ3) is 4.82. The topological polar surface area (TPSA) is 155 Å². The highest BCUT2D eigenvalue weighted by Crippen LogP contribution is 2.37. The van der Waals surface area contributed by atoms with Gasteiger partial charge in [-0.1, -0.05) is 17.5 Å². The minimum atomic E-state index is -4.87. The minimum absolute atomic E-state index is 0.0113. The van der Waals surface area contributed by atoms with Gasteiger partial charge in [0.2, 0.25) is 0 Å². The van der Waals surface area contributed by atoms with Crippen LogP contribution in [-0.2, 0) is 6.18 Å². The van der Waals surface area contributed by atoms with Crippen molar-refractivity contribution in [3.63, 3.8) is 0 Å². The zero-order valence-electron chi connectivity index (χ0n) is 18.7. The van der Waals surface area contributed by atoms with Crippen LogP contribution in [0.2, 0.25) is 5.02 Å². The molecule has 10 nitrogen and oxygen atoms in total. The number of pyridine rings is 2. The summed E-state index contributed by atoms with van der Waals surface area (Å²) < 4.78 is 56.1. The largest absolute Gasteiger partial charge is 0.420 e. The average Bonchev–Trinajstić information content (AvgIpc) is 3.39. The number of halogens is 5. The van der Waals surface area contributed by atoms with Crippen LogP contribution in [0.1, 0.15) is 32.0 Å². The van der Waals surface area contributed by atoms with E-state index in [1.807, 2.05) is 0 Å². The summed E-state index contributed by atoms with van der Waals surface area (Å²) in [5.74, 6) is -1.43. The first kappa shape index (κ1) is 26.0. The van der Waals surface area contributed by atoms with Crippen molar-refractivity contribution in [2.45, 2.75) is 6.18 Å². The Kier molecular flexibility index (Phi) is 6.71. The molecule has 0 saturated carbocycles. The van der Waals surface area contributed by atoms with Crippen LogP contribution in [0.15, 0.2) is 43.0 Å². The molecule has 1 aromatic carbocycles. The van der Waals surface area contributed by atoms with Crippen molar-refractivity contribution in [3.8, 4) is 29.3 Å². The van der Waals surface area contributed by atoms with Crippen molar-refractivity contribution in [2.75, 3.05) is 11.1 Å². The number of terminal acetylenes is 1. The number of carbonyl (C=O) groups is 2. The Labute approximate surface area is 215 Å².